The van der Waals surface area contributed by atoms with Crippen LogP contribution in [-0.4, -0.2) is 36.1 Å². The molecule has 0 radical (unpaired) electrons. The smallest absolute Gasteiger partial charge is 0.307 e. The largest absolute Gasteiger partial charge is 0.481 e. The Kier molecular flexibility index (Phi) is 2.52. The van der Waals surface area contributed by atoms with Gasteiger partial charge in [-0.3, -0.25) is 4.79 Å². The molecule has 1 heterocycles. The Morgan fingerprint density at radius 2 is 2.13 bits per heavy atom. The lowest BCUT2D eigenvalue weighted by Gasteiger charge is -2.20. The van der Waals surface area contributed by atoms with Crippen molar-refractivity contribution in [2.45, 2.75) is 24.7 Å². The van der Waals surface area contributed by atoms with Gasteiger partial charge in [0.05, 0.1) is 25.2 Å². The number of aliphatic carboxylic acids is 1. The molecule has 0 unspecified atom stereocenters. The van der Waals surface area contributed by atoms with Gasteiger partial charge in [0.1, 0.15) is 0 Å². The van der Waals surface area contributed by atoms with Crippen molar-refractivity contribution in [2.24, 2.45) is 11.0 Å². The Morgan fingerprint density at radius 3 is 2.67 bits per heavy atom. The molecule has 1 aliphatic carbocycles. The van der Waals surface area contributed by atoms with Gasteiger partial charge >= 0.3 is 5.97 Å². The molecule has 7 nitrogen and oxygen atoms in total. The molecule has 1 N–H and O–H groups in total. The van der Waals surface area contributed by atoms with Crippen LogP contribution in [0.15, 0.2) is 5.11 Å². The maximum atomic E-state index is 10.9. The van der Waals surface area contributed by atoms with Crippen LogP contribution in [0.2, 0.25) is 0 Å². The fourth-order valence-electron chi connectivity index (χ4n) is 2.19. The van der Waals surface area contributed by atoms with Crippen molar-refractivity contribution >= 4 is 5.97 Å². The van der Waals surface area contributed by atoms with E-state index in [1.165, 1.54) is 0 Å². The van der Waals surface area contributed by atoms with Gasteiger partial charge in [0.15, 0.2) is 5.79 Å². The standard InChI is InChI=1S/C8H11N3O4/c9-11-10-6-4-8(14-1-2-15-8)3-5(6)7(12)13/h5-6H,1-4H2,(H,12,13)/t5-,6-/m0/s1. The molecule has 2 atom stereocenters. The second-order valence-corrected chi connectivity index (χ2v) is 3.73. The average molecular weight is 213 g/mol. The fraction of sp³-hybridized carbons (Fsp3) is 0.875. The van der Waals surface area contributed by atoms with Crippen molar-refractivity contribution < 1.29 is 19.4 Å². The van der Waals surface area contributed by atoms with Crippen molar-refractivity contribution in [1.82, 2.24) is 0 Å². The van der Waals surface area contributed by atoms with E-state index < -0.39 is 23.7 Å². The van der Waals surface area contributed by atoms with Crippen molar-refractivity contribution in [3.8, 4) is 0 Å². The number of hydrogen-bond acceptors (Lipinski definition) is 4. The second-order valence-electron chi connectivity index (χ2n) is 3.73. The molecule has 1 saturated carbocycles. The number of rotatable bonds is 2. The lowest BCUT2D eigenvalue weighted by atomic mass is 10.1. The van der Waals surface area contributed by atoms with E-state index in [1.54, 1.807) is 0 Å². The molecule has 1 spiro atoms. The normalized spacial score (nSPS) is 32.8. The summed E-state index contributed by atoms with van der Waals surface area (Å²) in [6.45, 7) is 0.935. The molecule has 1 aliphatic heterocycles. The Morgan fingerprint density at radius 1 is 1.47 bits per heavy atom. The zero-order chi connectivity index (χ0) is 10.9. The summed E-state index contributed by atoms with van der Waals surface area (Å²) in [5.41, 5.74) is 8.34. The summed E-state index contributed by atoms with van der Waals surface area (Å²) in [5.74, 6) is -2.51. The molecule has 2 aliphatic rings. The summed E-state index contributed by atoms with van der Waals surface area (Å²) in [6, 6.07) is -0.578. The van der Waals surface area contributed by atoms with Gasteiger partial charge < -0.3 is 14.6 Å². The molecule has 0 aromatic heterocycles. The molecule has 0 amide bonds. The van der Waals surface area contributed by atoms with Crippen molar-refractivity contribution in [3.63, 3.8) is 0 Å². The molecule has 0 aromatic rings. The van der Waals surface area contributed by atoms with Gasteiger partial charge in [0.25, 0.3) is 0 Å². The second kappa shape index (κ2) is 3.69. The molecular formula is C8H11N3O4. The molecule has 2 fully saturated rings. The third-order valence-electron chi connectivity index (χ3n) is 2.85. The zero-order valence-corrected chi connectivity index (χ0v) is 8.00. The van der Waals surface area contributed by atoms with Crippen LogP contribution in [0.3, 0.4) is 0 Å². The van der Waals surface area contributed by atoms with E-state index in [1.807, 2.05) is 0 Å². The quantitative estimate of drug-likeness (QED) is 0.418. The van der Waals surface area contributed by atoms with Crippen LogP contribution in [-0.2, 0) is 14.3 Å². The third-order valence-corrected chi connectivity index (χ3v) is 2.85. The van der Waals surface area contributed by atoms with Gasteiger partial charge in [-0.05, 0) is 5.53 Å². The summed E-state index contributed by atoms with van der Waals surface area (Å²) < 4.78 is 10.8. The van der Waals surface area contributed by atoms with Gasteiger partial charge in [-0.15, -0.1) is 0 Å². The van der Waals surface area contributed by atoms with Crippen molar-refractivity contribution in [2.75, 3.05) is 13.2 Å². The van der Waals surface area contributed by atoms with Crippen molar-refractivity contribution in [3.05, 3.63) is 10.4 Å². The highest BCUT2D eigenvalue weighted by atomic mass is 16.7. The number of azide groups is 1. The Balaban J connectivity index is 2.17. The lowest BCUT2D eigenvalue weighted by Crippen LogP contribution is -2.27. The maximum Gasteiger partial charge on any atom is 0.307 e. The van der Waals surface area contributed by atoms with E-state index in [9.17, 15) is 4.79 Å². The Bertz CT molecular complexity index is 308. The Labute approximate surface area is 85.6 Å². The van der Waals surface area contributed by atoms with Crippen LogP contribution in [0.25, 0.3) is 10.4 Å². The number of hydrogen-bond donors (Lipinski definition) is 1. The lowest BCUT2D eigenvalue weighted by molar-refractivity contribution is -0.159. The van der Waals surface area contributed by atoms with Crippen LogP contribution in [0.1, 0.15) is 12.8 Å². The molecule has 82 valence electrons. The molecule has 1 saturated heterocycles. The first-order valence-corrected chi connectivity index (χ1v) is 4.72. The van der Waals surface area contributed by atoms with E-state index in [0.717, 1.165) is 0 Å². The molecule has 0 bridgehead atoms. The number of ether oxygens (including phenoxy) is 2. The van der Waals surface area contributed by atoms with Gasteiger partial charge in [-0.25, -0.2) is 0 Å². The zero-order valence-electron chi connectivity index (χ0n) is 8.00. The monoisotopic (exact) mass is 213 g/mol. The van der Waals surface area contributed by atoms with Gasteiger partial charge in [0.2, 0.25) is 0 Å². The average Bonchev–Trinajstić information content (AvgIpc) is 2.76. The third kappa shape index (κ3) is 1.77. The van der Waals surface area contributed by atoms with E-state index in [4.69, 9.17) is 20.1 Å². The highest BCUT2D eigenvalue weighted by Crippen LogP contribution is 2.42. The highest BCUT2D eigenvalue weighted by molar-refractivity contribution is 5.71. The first-order chi connectivity index (χ1) is 7.17. The minimum absolute atomic E-state index is 0.256. The predicted octanol–water partition coefficient (Wildman–Crippen LogP) is 0.903. The topological polar surface area (TPSA) is 105 Å². The predicted molar refractivity (Wildman–Crippen MR) is 47.9 cm³/mol. The van der Waals surface area contributed by atoms with E-state index in [0.29, 0.717) is 19.6 Å². The number of nitrogens with zero attached hydrogens (tertiary/aromatic N) is 3. The Hall–Kier alpha value is -1.30. The number of carbonyl (C=O) groups is 1. The van der Waals surface area contributed by atoms with E-state index >= 15 is 0 Å². The number of carboxylic acid groups (broad SMARTS) is 1. The van der Waals surface area contributed by atoms with Crippen LogP contribution < -0.4 is 0 Å². The first kappa shape index (κ1) is 10.2. The minimum Gasteiger partial charge on any atom is -0.481 e. The van der Waals surface area contributed by atoms with Crippen LogP contribution in [0.5, 0.6) is 0 Å². The summed E-state index contributed by atoms with van der Waals surface area (Å²) >= 11 is 0. The fourth-order valence-corrected chi connectivity index (χ4v) is 2.19. The molecular weight excluding hydrogens is 202 g/mol. The molecule has 15 heavy (non-hydrogen) atoms. The van der Waals surface area contributed by atoms with Gasteiger partial charge in [0, 0.05) is 17.8 Å². The van der Waals surface area contributed by atoms with Crippen molar-refractivity contribution in [1.29, 1.82) is 0 Å². The van der Waals surface area contributed by atoms with Crippen LogP contribution >= 0.6 is 0 Å². The highest BCUT2D eigenvalue weighted by Gasteiger charge is 2.51. The van der Waals surface area contributed by atoms with Gasteiger partial charge in [-0.2, -0.15) is 0 Å². The first-order valence-electron chi connectivity index (χ1n) is 4.72. The van der Waals surface area contributed by atoms with Crippen LogP contribution in [0.4, 0.5) is 0 Å². The summed E-state index contributed by atoms with van der Waals surface area (Å²) in [7, 11) is 0. The minimum atomic E-state index is -0.969. The molecule has 0 aromatic carbocycles. The summed E-state index contributed by atoms with van der Waals surface area (Å²) in [4.78, 5) is 13.6. The van der Waals surface area contributed by atoms with Gasteiger partial charge in [-0.1, -0.05) is 5.11 Å². The summed E-state index contributed by atoms with van der Waals surface area (Å²) in [5, 5.41) is 12.4. The van der Waals surface area contributed by atoms with Crippen LogP contribution in [0, 0.1) is 5.92 Å². The van der Waals surface area contributed by atoms with E-state index in [-0.39, 0.29) is 6.42 Å². The molecule has 7 heteroatoms. The SMILES string of the molecule is [N-]=[N+]=N[C@H]1CC2(C[C@@H]1C(=O)O)OCCO2. The van der Waals surface area contributed by atoms with E-state index in [2.05, 4.69) is 10.0 Å². The summed E-state index contributed by atoms with van der Waals surface area (Å²) in [6.07, 6.45) is 0.583. The maximum absolute atomic E-state index is 10.9. The molecule has 2 rings (SSSR count). The number of carboxylic acids is 1.